The van der Waals surface area contributed by atoms with E-state index in [4.69, 9.17) is 0 Å². The van der Waals surface area contributed by atoms with E-state index < -0.39 is 5.91 Å². The van der Waals surface area contributed by atoms with Crippen LogP contribution in [0.1, 0.15) is 17.5 Å². The van der Waals surface area contributed by atoms with E-state index in [-0.39, 0.29) is 12.3 Å². The predicted molar refractivity (Wildman–Crippen MR) is 97.7 cm³/mol. The van der Waals surface area contributed by atoms with Crippen molar-refractivity contribution in [3.63, 3.8) is 0 Å². The molecule has 0 aliphatic rings. The number of nitrogens with zero attached hydrogens (tertiary/aromatic N) is 1. The summed E-state index contributed by atoms with van der Waals surface area (Å²) in [7, 11) is 0. The number of halogens is 1. The molecule has 0 aliphatic carbocycles. The Morgan fingerprint density at radius 2 is 1.83 bits per heavy atom. The van der Waals surface area contributed by atoms with Gasteiger partial charge in [-0.15, -0.1) is 0 Å². The first-order valence-electron chi connectivity index (χ1n) is 7.51. The van der Waals surface area contributed by atoms with Gasteiger partial charge in [-0.1, -0.05) is 58.4 Å². The lowest BCUT2D eigenvalue weighted by Gasteiger charge is -2.04. The highest BCUT2D eigenvalue weighted by Gasteiger charge is 2.07. The highest BCUT2D eigenvalue weighted by molar-refractivity contribution is 9.10. The van der Waals surface area contributed by atoms with Gasteiger partial charge in [-0.2, -0.15) is 5.10 Å². The summed E-state index contributed by atoms with van der Waals surface area (Å²) in [6.07, 6.45) is 2.01. The lowest BCUT2D eigenvalue weighted by atomic mass is 10.1. The summed E-state index contributed by atoms with van der Waals surface area (Å²) >= 11 is 3.35. The van der Waals surface area contributed by atoms with Crippen molar-refractivity contribution in [3.8, 4) is 0 Å². The van der Waals surface area contributed by atoms with E-state index in [0.29, 0.717) is 6.54 Å². The predicted octanol–water partition coefficient (Wildman–Crippen LogP) is 2.65. The molecule has 0 radical (unpaired) electrons. The zero-order valence-corrected chi connectivity index (χ0v) is 14.6. The Labute approximate surface area is 149 Å². The molecule has 0 fully saturated rings. The number of carbonyl (C=O) groups is 2. The van der Waals surface area contributed by atoms with Crippen LogP contribution in [-0.4, -0.2) is 24.6 Å². The van der Waals surface area contributed by atoms with Crippen LogP contribution >= 0.6 is 15.9 Å². The molecule has 2 rings (SSSR count). The minimum absolute atomic E-state index is 0.245. The Bertz CT molecular complexity index is 717. The number of amides is 2. The Morgan fingerprint density at radius 1 is 1.04 bits per heavy atom. The van der Waals surface area contributed by atoms with Gasteiger partial charge in [0, 0.05) is 11.0 Å². The molecule has 0 bridgehead atoms. The number of hydrogen-bond donors (Lipinski definition) is 2. The molecule has 2 N–H and O–H groups in total. The first-order chi connectivity index (χ1) is 11.6. The van der Waals surface area contributed by atoms with Gasteiger partial charge in [0.2, 0.25) is 11.8 Å². The lowest BCUT2D eigenvalue weighted by Crippen LogP contribution is -2.31. The molecule has 6 heteroatoms. The summed E-state index contributed by atoms with van der Waals surface area (Å²) in [5, 5.41) is 6.56. The van der Waals surface area contributed by atoms with E-state index in [0.717, 1.165) is 22.0 Å². The van der Waals surface area contributed by atoms with Gasteiger partial charge in [-0.05, 0) is 29.7 Å². The van der Waals surface area contributed by atoms with Crippen molar-refractivity contribution in [2.24, 2.45) is 5.10 Å². The van der Waals surface area contributed by atoms with Gasteiger partial charge < -0.3 is 5.32 Å². The van der Waals surface area contributed by atoms with Crippen molar-refractivity contribution >= 4 is 34.0 Å². The fraction of sp³-hybridized carbons (Fsp3) is 0.167. The van der Waals surface area contributed by atoms with Gasteiger partial charge in [0.25, 0.3) is 0 Å². The monoisotopic (exact) mass is 387 g/mol. The third-order valence-corrected chi connectivity index (χ3v) is 3.64. The normalized spacial score (nSPS) is 10.5. The van der Waals surface area contributed by atoms with Crippen LogP contribution in [0.15, 0.2) is 64.2 Å². The second kappa shape index (κ2) is 9.62. The lowest BCUT2D eigenvalue weighted by molar-refractivity contribution is -0.129. The summed E-state index contributed by atoms with van der Waals surface area (Å²) in [5.74, 6) is -0.764. The van der Waals surface area contributed by atoms with Crippen LogP contribution in [0.5, 0.6) is 0 Å². The Balaban J connectivity index is 1.67. The molecule has 2 amide bonds. The summed E-state index contributed by atoms with van der Waals surface area (Å²) in [6.45, 7) is 0.497. The molecule has 2 aromatic rings. The van der Waals surface area contributed by atoms with Crippen LogP contribution in [0, 0.1) is 0 Å². The number of hydrogen-bond acceptors (Lipinski definition) is 3. The molecule has 0 unspecified atom stereocenters. The molecule has 124 valence electrons. The van der Waals surface area contributed by atoms with Gasteiger partial charge in [0.15, 0.2) is 0 Å². The highest BCUT2D eigenvalue weighted by atomic mass is 79.9. The summed E-state index contributed by atoms with van der Waals surface area (Å²) < 4.78 is 0.926. The van der Waals surface area contributed by atoms with Gasteiger partial charge >= 0.3 is 0 Å². The fourth-order valence-electron chi connectivity index (χ4n) is 2.00. The maximum absolute atomic E-state index is 11.7. The topological polar surface area (TPSA) is 70.6 Å². The van der Waals surface area contributed by atoms with Crippen LogP contribution in [0.3, 0.4) is 0 Å². The molecule has 0 saturated heterocycles. The molecule has 0 aliphatic heterocycles. The molecule has 0 heterocycles. The van der Waals surface area contributed by atoms with E-state index >= 15 is 0 Å². The fourth-order valence-corrected chi connectivity index (χ4v) is 2.42. The van der Waals surface area contributed by atoms with Crippen LogP contribution in [0.2, 0.25) is 0 Å². The maximum atomic E-state index is 11.7. The molecule has 0 saturated carbocycles. The largest absolute Gasteiger partial charge is 0.355 e. The minimum atomic E-state index is -0.446. The SMILES string of the molecule is O=C(CC(=O)N/N=C/c1cccc(Br)c1)NCCc1ccccc1. The molecule has 0 spiro atoms. The molecule has 0 aromatic heterocycles. The van der Waals surface area contributed by atoms with Crippen molar-refractivity contribution in [1.82, 2.24) is 10.7 Å². The summed E-state index contributed by atoms with van der Waals surface area (Å²) in [4.78, 5) is 23.3. The Morgan fingerprint density at radius 3 is 2.58 bits per heavy atom. The van der Waals surface area contributed by atoms with Gasteiger partial charge in [-0.3, -0.25) is 9.59 Å². The van der Waals surface area contributed by atoms with E-state index in [1.807, 2.05) is 54.6 Å². The summed E-state index contributed by atoms with van der Waals surface area (Å²) in [5.41, 5.74) is 4.33. The van der Waals surface area contributed by atoms with Crippen LogP contribution < -0.4 is 10.7 Å². The van der Waals surface area contributed by atoms with Gasteiger partial charge in [0.1, 0.15) is 6.42 Å². The van der Waals surface area contributed by atoms with Crippen molar-refractivity contribution < 1.29 is 9.59 Å². The second-order valence-electron chi connectivity index (χ2n) is 5.11. The number of rotatable bonds is 7. The van der Waals surface area contributed by atoms with E-state index in [2.05, 4.69) is 31.8 Å². The molecule has 2 aromatic carbocycles. The molecular formula is C18H18BrN3O2. The quantitative estimate of drug-likeness (QED) is 0.435. The number of carbonyl (C=O) groups excluding carboxylic acids is 2. The minimum Gasteiger partial charge on any atom is -0.355 e. The first-order valence-corrected chi connectivity index (χ1v) is 8.31. The third-order valence-electron chi connectivity index (χ3n) is 3.15. The molecule has 0 atom stereocenters. The van der Waals surface area contributed by atoms with Crippen molar-refractivity contribution in [2.45, 2.75) is 12.8 Å². The highest BCUT2D eigenvalue weighted by Crippen LogP contribution is 2.09. The third kappa shape index (κ3) is 6.75. The maximum Gasteiger partial charge on any atom is 0.249 e. The zero-order chi connectivity index (χ0) is 17.2. The summed E-state index contributed by atoms with van der Waals surface area (Å²) in [6, 6.07) is 17.3. The average molecular weight is 388 g/mol. The van der Waals surface area contributed by atoms with Crippen LogP contribution in [0.25, 0.3) is 0 Å². The van der Waals surface area contributed by atoms with Crippen LogP contribution in [-0.2, 0) is 16.0 Å². The van der Waals surface area contributed by atoms with Gasteiger partial charge in [0.05, 0.1) is 6.21 Å². The van der Waals surface area contributed by atoms with E-state index in [1.54, 1.807) is 0 Å². The number of nitrogens with one attached hydrogen (secondary N) is 2. The smallest absolute Gasteiger partial charge is 0.249 e. The number of benzene rings is 2. The van der Waals surface area contributed by atoms with Crippen molar-refractivity contribution in [3.05, 3.63) is 70.2 Å². The zero-order valence-electron chi connectivity index (χ0n) is 13.0. The van der Waals surface area contributed by atoms with Crippen molar-refractivity contribution in [2.75, 3.05) is 6.54 Å². The Kier molecular flexibility index (Phi) is 7.17. The first kappa shape index (κ1) is 17.9. The van der Waals surface area contributed by atoms with Gasteiger partial charge in [-0.25, -0.2) is 5.43 Å². The number of hydrazone groups is 1. The van der Waals surface area contributed by atoms with Crippen molar-refractivity contribution in [1.29, 1.82) is 0 Å². The molecule has 24 heavy (non-hydrogen) atoms. The standard InChI is InChI=1S/C18H18BrN3O2/c19-16-8-4-7-15(11-16)13-21-22-18(24)12-17(23)20-10-9-14-5-2-1-3-6-14/h1-8,11,13H,9-10,12H2,(H,20,23)(H,22,24)/b21-13+. The average Bonchev–Trinajstić information content (AvgIpc) is 2.56. The second-order valence-corrected chi connectivity index (χ2v) is 6.03. The van der Waals surface area contributed by atoms with Crippen LogP contribution in [0.4, 0.5) is 0 Å². The van der Waals surface area contributed by atoms with E-state index in [1.165, 1.54) is 6.21 Å². The molecular weight excluding hydrogens is 370 g/mol. The molecule has 5 nitrogen and oxygen atoms in total. The Hall–Kier alpha value is -2.47. The van der Waals surface area contributed by atoms with E-state index in [9.17, 15) is 9.59 Å².